The number of nitrogens with one attached hydrogen (secondary N) is 1. The zero-order chi connectivity index (χ0) is 11.9. The molecule has 0 saturated heterocycles. The van der Waals surface area contributed by atoms with Crippen LogP contribution in [0.15, 0.2) is 12.4 Å². The van der Waals surface area contributed by atoms with Crippen molar-refractivity contribution in [3.05, 3.63) is 18.2 Å². The Morgan fingerprint density at radius 3 is 2.20 bits per heavy atom. The van der Waals surface area contributed by atoms with Gasteiger partial charge >= 0.3 is 0 Å². The van der Waals surface area contributed by atoms with Gasteiger partial charge in [0.2, 0.25) is 0 Å². The summed E-state index contributed by atoms with van der Waals surface area (Å²) >= 11 is 0. The standard InChI is InChI=1S/C7H12N2.C2H6O3S/c1-3-7-8-5-6-9(7)4-2;1-2-6(3,4)5/h5-6H,3-4H2,1-2H3;2H2,1H3,(H,3,4,5). The molecule has 1 aromatic rings. The van der Waals surface area contributed by atoms with E-state index in [1.54, 1.807) is 0 Å². The summed E-state index contributed by atoms with van der Waals surface area (Å²) in [5.74, 6) is 0.991. The van der Waals surface area contributed by atoms with Gasteiger partial charge in [-0.05, 0) is 6.92 Å². The van der Waals surface area contributed by atoms with E-state index in [0.29, 0.717) is 0 Å². The van der Waals surface area contributed by atoms with Gasteiger partial charge in [-0.25, -0.2) is 18.0 Å². The first-order valence-electron chi connectivity index (χ1n) is 4.93. The molecule has 5 nitrogen and oxygen atoms in total. The third kappa shape index (κ3) is 6.24. The fourth-order valence-electron chi connectivity index (χ4n) is 0.998. The number of aromatic nitrogens is 2. The molecule has 0 aliphatic carbocycles. The lowest BCUT2D eigenvalue weighted by Gasteiger charge is -1.97. The van der Waals surface area contributed by atoms with Crippen molar-refractivity contribution in [1.29, 1.82) is 0 Å². The van der Waals surface area contributed by atoms with Gasteiger partial charge in [0.1, 0.15) is 12.4 Å². The number of imidazole rings is 1. The van der Waals surface area contributed by atoms with Crippen LogP contribution in [0.1, 0.15) is 26.6 Å². The second kappa shape index (κ2) is 6.58. The minimum atomic E-state index is -3.91. The average molecular weight is 234 g/mol. The zero-order valence-electron chi connectivity index (χ0n) is 9.36. The summed E-state index contributed by atoms with van der Waals surface area (Å²) in [6, 6.07) is 0. The first kappa shape index (κ1) is 14.1. The number of H-pyrrole nitrogens is 1. The average Bonchev–Trinajstić information content (AvgIpc) is 2.64. The number of hydrogen-bond acceptors (Lipinski definition) is 3. The molecule has 0 bridgehead atoms. The van der Waals surface area contributed by atoms with Gasteiger partial charge in [0.25, 0.3) is 5.82 Å². The van der Waals surface area contributed by atoms with Gasteiger partial charge in [0.15, 0.2) is 0 Å². The largest absolute Gasteiger partial charge is 0.748 e. The van der Waals surface area contributed by atoms with E-state index in [-0.39, 0.29) is 5.75 Å². The molecule has 0 fully saturated rings. The molecule has 1 heterocycles. The predicted octanol–water partition coefficient (Wildman–Crippen LogP) is 0.436. The second-order valence-electron chi connectivity index (χ2n) is 2.89. The van der Waals surface area contributed by atoms with Crippen LogP contribution in [-0.4, -0.2) is 23.7 Å². The van der Waals surface area contributed by atoms with E-state index in [0.717, 1.165) is 13.0 Å². The van der Waals surface area contributed by atoms with Crippen LogP contribution in [0.3, 0.4) is 0 Å². The van der Waals surface area contributed by atoms with E-state index < -0.39 is 10.1 Å². The number of aryl methyl sites for hydroxylation is 2. The van der Waals surface area contributed by atoms with Crippen molar-refractivity contribution >= 4 is 10.1 Å². The van der Waals surface area contributed by atoms with E-state index in [9.17, 15) is 13.0 Å². The Hall–Kier alpha value is -0.880. The van der Waals surface area contributed by atoms with Gasteiger partial charge in [-0.1, -0.05) is 13.8 Å². The summed E-state index contributed by atoms with van der Waals surface area (Å²) in [5, 5.41) is 0. The molecular formula is C9H18N2O3S. The van der Waals surface area contributed by atoms with Crippen LogP contribution < -0.4 is 4.57 Å². The molecule has 0 saturated carbocycles. The molecule has 6 heteroatoms. The predicted molar refractivity (Wildman–Crippen MR) is 56.3 cm³/mol. The highest BCUT2D eigenvalue weighted by Crippen LogP contribution is 1.85. The highest BCUT2D eigenvalue weighted by Gasteiger charge is 2.02. The molecule has 1 N–H and O–H groups in total. The van der Waals surface area contributed by atoms with Crippen LogP contribution >= 0.6 is 0 Å². The molecule has 0 unspecified atom stereocenters. The summed E-state index contributed by atoms with van der Waals surface area (Å²) < 4.78 is 30.5. The topological polar surface area (TPSA) is 76.9 Å². The van der Waals surface area contributed by atoms with Crippen molar-refractivity contribution in [1.82, 2.24) is 4.98 Å². The Kier molecular flexibility index (Phi) is 6.19. The molecule has 0 radical (unpaired) electrons. The summed E-state index contributed by atoms with van der Waals surface area (Å²) in [7, 11) is -3.91. The monoisotopic (exact) mass is 234 g/mol. The normalized spacial score (nSPS) is 10.7. The van der Waals surface area contributed by atoms with Gasteiger partial charge < -0.3 is 4.55 Å². The number of aromatic amines is 1. The third-order valence-corrected chi connectivity index (χ3v) is 2.59. The molecule has 0 aliphatic rings. The SMILES string of the molecule is CCS(=O)(=O)[O-].CCc1[nH]cc[n+]1CC. The number of rotatable bonds is 3. The summed E-state index contributed by atoms with van der Waals surface area (Å²) in [5.41, 5.74) is 0. The Bertz CT molecular complexity index is 352. The zero-order valence-corrected chi connectivity index (χ0v) is 10.2. The van der Waals surface area contributed by atoms with Crippen molar-refractivity contribution in [2.24, 2.45) is 0 Å². The molecule has 1 aromatic heterocycles. The van der Waals surface area contributed by atoms with Gasteiger partial charge in [-0.3, -0.25) is 0 Å². The molecular weight excluding hydrogens is 216 g/mol. The minimum Gasteiger partial charge on any atom is -0.748 e. The van der Waals surface area contributed by atoms with Crippen LogP contribution in [-0.2, 0) is 23.1 Å². The lowest BCUT2D eigenvalue weighted by atomic mass is 10.4. The lowest BCUT2D eigenvalue weighted by Crippen LogP contribution is -2.34. The molecule has 1 rings (SSSR count). The van der Waals surface area contributed by atoms with Crippen LogP contribution in [0, 0.1) is 0 Å². The number of hydrogen-bond donors (Lipinski definition) is 1. The van der Waals surface area contributed by atoms with Crippen LogP contribution in [0.5, 0.6) is 0 Å². The molecule has 0 spiro atoms. The van der Waals surface area contributed by atoms with E-state index in [1.165, 1.54) is 12.7 Å². The van der Waals surface area contributed by atoms with Crippen molar-refractivity contribution in [3.8, 4) is 0 Å². The molecule has 0 aliphatic heterocycles. The fraction of sp³-hybridized carbons (Fsp3) is 0.667. The third-order valence-electron chi connectivity index (χ3n) is 1.88. The van der Waals surface area contributed by atoms with E-state index in [2.05, 4.69) is 29.6 Å². The quantitative estimate of drug-likeness (QED) is 0.609. The van der Waals surface area contributed by atoms with Crippen molar-refractivity contribution in [2.45, 2.75) is 33.7 Å². The molecule has 0 aromatic carbocycles. The Morgan fingerprint density at radius 2 is 1.93 bits per heavy atom. The number of nitrogens with zero attached hydrogens (tertiary/aromatic N) is 1. The fourth-order valence-corrected chi connectivity index (χ4v) is 0.998. The van der Waals surface area contributed by atoms with Gasteiger partial charge in [0, 0.05) is 12.2 Å². The van der Waals surface area contributed by atoms with Crippen LogP contribution in [0.4, 0.5) is 0 Å². The minimum absolute atomic E-state index is 0.312. The lowest BCUT2D eigenvalue weighted by molar-refractivity contribution is -0.699. The highest BCUT2D eigenvalue weighted by atomic mass is 32.2. The highest BCUT2D eigenvalue weighted by molar-refractivity contribution is 7.85. The van der Waals surface area contributed by atoms with Gasteiger partial charge in [-0.15, -0.1) is 0 Å². The maximum Gasteiger partial charge on any atom is 0.253 e. The maximum absolute atomic E-state index is 9.44. The van der Waals surface area contributed by atoms with E-state index >= 15 is 0 Å². The molecule has 88 valence electrons. The van der Waals surface area contributed by atoms with Crippen molar-refractivity contribution < 1.29 is 17.5 Å². The van der Waals surface area contributed by atoms with E-state index in [1.807, 2.05) is 6.20 Å². The Balaban J connectivity index is 0.000000288. The van der Waals surface area contributed by atoms with Crippen LogP contribution in [0.25, 0.3) is 0 Å². The molecule has 0 atom stereocenters. The summed E-state index contributed by atoms with van der Waals surface area (Å²) in [6.07, 6.45) is 5.13. The van der Waals surface area contributed by atoms with Gasteiger partial charge in [0.05, 0.1) is 16.7 Å². The maximum atomic E-state index is 9.44. The smallest absolute Gasteiger partial charge is 0.253 e. The van der Waals surface area contributed by atoms with Crippen molar-refractivity contribution in [2.75, 3.05) is 5.75 Å². The first-order chi connectivity index (χ1) is 6.94. The Morgan fingerprint density at radius 1 is 1.40 bits per heavy atom. The molecule has 0 amide bonds. The summed E-state index contributed by atoms with van der Waals surface area (Å²) in [4.78, 5) is 3.17. The van der Waals surface area contributed by atoms with E-state index in [4.69, 9.17) is 0 Å². The Labute approximate surface area is 90.9 Å². The second-order valence-corrected chi connectivity index (χ2v) is 4.59. The van der Waals surface area contributed by atoms with Crippen molar-refractivity contribution in [3.63, 3.8) is 0 Å². The first-order valence-corrected chi connectivity index (χ1v) is 6.51. The van der Waals surface area contributed by atoms with Crippen LogP contribution in [0.2, 0.25) is 0 Å². The summed E-state index contributed by atoms with van der Waals surface area (Å²) in [6.45, 7) is 6.67. The van der Waals surface area contributed by atoms with Gasteiger partial charge in [-0.2, -0.15) is 0 Å². The molecule has 15 heavy (non-hydrogen) atoms.